The summed E-state index contributed by atoms with van der Waals surface area (Å²) in [7, 11) is 0. The summed E-state index contributed by atoms with van der Waals surface area (Å²) in [5.74, 6) is 0.343. The van der Waals surface area contributed by atoms with Gasteiger partial charge in [-0.2, -0.15) is 0 Å². The number of aromatic hydroxyl groups is 1. The van der Waals surface area contributed by atoms with E-state index in [0.717, 1.165) is 9.13 Å². The number of aliphatic imine (C=N–C) groups is 1. The molecule has 1 aliphatic rings. The van der Waals surface area contributed by atoms with Gasteiger partial charge in [0, 0.05) is 12.3 Å². The second-order valence-electron chi connectivity index (χ2n) is 4.28. The lowest BCUT2D eigenvalue weighted by Crippen LogP contribution is -2.09. The van der Waals surface area contributed by atoms with Crippen LogP contribution >= 0.6 is 22.6 Å². The van der Waals surface area contributed by atoms with E-state index >= 15 is 0 Å². The van der Waals surface area contributed by atoms with Crippen LogP contribution in [0, 0.1) is 3.57 Å². The Bertz CT molecular complexity index is 384. The number of halogens is 1. The van der Waals surface area contributed by atoms with Gasteiger partial charge in [0.15, 0.2) is 0 Å². The van der Waals surface area contributed by atoms with E-state index < -0.39 is 0 Å². The number of rotatable bonds is 2. The third-order valence-corrected chi connectivity index (χ3v) is 3.84. The van der Waals surface area contributed by atoms with Gasteiger partial charge in [-0.05, 0) is 59.2 Å². The van der Waals surface area contributed by atoms with Crippen LogP contribution < -0.4 is 0 Å². The molecule has 0 spiro atoms. The van der Waals surface area contributed by atoms with Gasteiger partial charge in [-0.25, -0.2) is 0 Å². The summed E-state index contributed by atoms with van der Waals surface area (Å²) in [5, 5.41) is 9.41. The summed E-state index contributed by atoms with van der Waals surface area (Å²) in [6, 6.07) is 6.11. The molecule has 86 valence electrons. The summed E-state index contributed by atoms with van der Waals surface area (Å²) in [5.41, 5.74) is 1.08. The highest BCUT2D eigenvalue weighted by molar-refractivity contribution is 14.1. The summed E-state index contributed by atoms with van der Waals surface area (Å²) in [6.07, 6.45) is 8.39. The first-order valence-corrected chi connectivity index (χ1v) is 6.85. The summed E-state index contributed by atoms with van der Waals surface area (Å²) >= 11 is 2.13. The summed E-state index contributed by atoms with van der Waals surface area (Å²) in [6.45, 7) is 0. The molecule has 0 aromatic heterocycles. The van der Waals surface area contributed by atoms with Gasteiger partial charge in [0.25, 0.3) is 0 Å². The van der Waals surface area contributed by atoms with Crippen molar-refractivity contribution >= 4 is 28.8 Å². The minimum absolute atomic E-state index is 0.343. The second kappa shape index (κ2) is 5.66. The molecule has 2 nitrogen and oxygen atoms in total. The molecule has 1 N–H and O–H groups in total. The van der Waals surface area contributed by atoms with E-state index in [0.29, 0.717) is 11.8 Å². The van der Waals surface area contributed by atoms with Crippen molar-refractivity contribution in [1.29, 1.82) is 0 Å². The molecule has 0 bridgehead atoms. The molecule has 1 aromatic carbocycles. The molecule has 16 heavy (non-hydrogen) atoms. The van der Waals surface area contributed by atoms with Gasteiger partial charge < -0.3 is 5.11 Å². The second-order valence-corrected chi connectivity index (χ2v) is 5.44. The van der Waals surface area contributed by atoms with Crippen molar-refractivity contribution in [3.8, 4) is 5.75 Å². The highest BCUT2D eigenvalue weighted by Crippen LogP contribution is 2.21. The first-order chi connectivity index (χ1) is 7.75. The molecule has 3 heteroatoms. The molecule has 0 unspecified atom stereocenters. The first kappa shape index (κ1) is 11.9. The lowest BCUT2D eigenvalue weighted by molar-refractivity contribution is 0.444. The normalized spacial score (nSPS) is 18.1. The van der Waals surface area contributed by atoms with E-state index in [9.17, 15) is 5.11 Å². The molecule has 0 saturated heterocycles. The molecule has 0 atom stereocenters. The van der Waals surface area contributed by atoms with Crippen LogP contribution in [0.3, 0.4) is 0 Å². The molecule has 2 rings (SSSR count). The molecular formula is C13H16INO. The van der Waals surface area contributed by atoms with Crippen molar-refractivity contribution in [1.82, 2.24) is 0 Å². The van der Waals surface area contributed by atoms with Gasteiger partial charge in [0.2, 0.25) is 0 Å². The predicted molar refractivity (Wildman–Crippen MR) is 75.3 cm³/mol. The quantitative estimate of drug-likeness (QED) is 0.650. The number of hydrogen-bond donors (Lipinski definition) is 1. The minimum Gasteiger partial charge on any atom is -0.507 e. The number of benzene rings is 1. The van der Waals surface area contributed by atoms with Crippen LogP contribution in [0.2, 0.25) is 0 Å². The maximum atomic E-state index is 9.41. The monoisotopic (exact) mass is 329 g/mol. The van der Waals surface area contributed by atoms with Crippen molar-refractivity contribution in [2.45, 2.75) is 38.1 Å². The first-order valence-electron chi connectivity index (χ1n) is 5.77. The highest BCUT2D eigenvalue weighted by Gasteiger charge is 2.10. The van der Waals surface area contributed by atoms with Crippen molar-refractivity contribution in [3.63, 3.8) is 0 Å². The summed E-state index contributed by atoms with van der Waals surface area (Å²) < 4.78 is 0.880. The number of hydrogen-bond acceptors (Lipinski definition) is 2. The summed E-state index contributed by atoms with van der Waals surface area (Å²) in [4.78, 5) is 4.61. The number of nitrogens with zero attached hydrogens (tertiary/aromatic N) is 1. The van der Waals surface area contributed by atoms with E-state index in [2.05, 4.69) is 27.6 Å². The number of phenolic OH excluding ortho intramolecular Hbond substituents is 1. The van der Waals surface area contributed by atoms with E-state index in [1.807, 2.05) is 18.3 Å². The topological polar surface area (TPSA) is 32.6 Å². The van der Waals surface area contributed by atoms with E-state index in [-0.39, 0.29) is 0 Å². The Morgan fingerprint density at radius 2 is 2.00 bits per heavy atom. The maximum absolute atomic E-state index is 9.41. The standard InChI is InChI=1S/C13H16INO/c14-12-8-10(6-7-13(12)16)9-15-11-4-2-1-3-5-11/h6-9,11,16H,1-5H2. The van der Waals surface area contributed by atoms with Crippen LogP contribution in [-0.4, -0.2) is 17.4 Å². The Morgan fingerprint density at radius 1 is 1.25 bits per heavy atom. The smallest absolute Gasteiger partial charge is 0.128 e. The lowest BCUT2D eigenvalue weighted by Gasteiger charge is -2.17. The Morgan fingerprint density at radius 3 is 2.69 bits per heavy atom. The van der Waals surface area contributed by atoms with E-state index in [4.69, 9.17) is 0 Å². The van der Waals surface area contributed by atoms with Crippen molar-refractivity contribution < 1.29 is 5.11 Å². The van der Waals surface area contributed by atoms with Gasteiger partial charge in [0.05, 0.1) is 3.57 Å². The van der Waals surface area contributed by atoms with Gasteiger partial charge >= 0.3 is 0 Å². The van der Waals surface area contributed by atoms with Crippen molar-refractivity contribution in [2.24, 2.45) is 4.99 Å². The van der Waals surface area contributed by atoms with Gasteiger partial charge in [-0.15, -0.1) is 0 Å². The van der Waals surface area contributed by atoms with Gasteiger partial charge in [0.1, 0.15) is 5.75 Å². The largest absolute Gasteiger partial charge is 0.507 e. The van der Waals surface area contributed by atoms with E-state index in [1.165, 1.54) is 32.1 Å². The van der Waals surface area contributed by atoms with Crippen LogP contribution in [0.5, 0.6) is 5.75 Å². The zero-order valence-electron chi connectivity index (χ0n) is 9.19. The fourth-order valence-corrected chi connectivity index (χ4v) is 2.56. The molecule has 0 amide bonds. The highest BCUT2D eigenvalue weighted by atomic mass is 127. The van der Waals surface area contributed by atoms with Crippen molar-refractivity contribution in [2.75, 3.05) is 0 Å². The average Bonchev–Trinajstić information content (AvgIpc) is 2.32. The minimum atomic E-state index is 0.343. The van der Waals surface area contributed by atoms with E-state index in [1.54, 1.807) is 6.07 Å². The van der Waals surface area contributed by atoms with Crippen LogP contribution in [0.1, 0.15) is 37.7 Å². The molecule has 1 aromatic rings. The average molecular weight is 329 g/mol. The molecule has 0 heterocycles. The van der Waals surface area contributed by atoms with Crippen molar-refractivity contribution in [3.05, 3.63) is 27.3 Å². The Balaban J connectivity index is 2.02. The van der Waals surface area contributed by atoms with Crippen LogP contribution in [0.15, 0.2) is 23.2 Å². The molecule has 1 fully saturated rings. The maximum Gasteiger partial charge on any atom is 0.128 e. The van der Waals surface area contributed by atoms with Gasteiger partial charge in [-0.3, -0.25) is 4.99 Å². The SMILES string of the molecule is Oc1ccc(C=NC2CCCCC2)cc1I. The Hall–Kier alpha value is -0.580. The Labute approximate surface area is 110 Å². The molecular weight excluding hydrogens is 313 g/mol. The van der Waals surface area contributed by atoms with Crippen LogP contribution in [0.25, 0.3) is 0 Å². The van der Waals surface area contributed by atoms with Crippen LogP contribution in [0.4, 0.5) is 0 Å². The number of phenols is 1. The molecule has 1 aliphatic carbocycles. The zero-order valence-corrected chi connectivity index (χ0v) is 11.4. The zero-order chi connectivity index (χ0) is 11.4. The Kier molecular flexibility index (Phi) is 4.21. The predicted octanol–water partition coefficient (Wildman–Crippen LogP) is 3.75. The molecule has 0 radical (unpaired) electrons. The fraction of sp³-hybridized carbons (Fsp3) is 0.462. The third kappa shape index (κ3) is 3.20. The molecule has 0 aliphatic heterocycles. The van der Waals surface area contributed by atoms with Gasteiger partial charge in [-0.1, -0.05) is 19.3 Å². The third-order valence-electron chi connectivity index (χ3n) is 2.98. The lowest BCUT2D eigenvalue weighted by atomic mass is 9.96. The van der Waals surface area contributed by atoms with Crippen LogP contribution in [-0.2, 0) is 0 Å². The fourth-order valence-electron chi connectivity index (χ4n) is 2.03. The molecule has 1 saturated carbocycles.